The third-order valence-electron chi connectivity index (χ3n) is 2.13. The first-order chi connectivity index (χ1) is 8.20. The molecule has 0 radical (unpaired) electrons. The van der Waals surface area contributed by atoms with Crippen molar-refractivity contribution in [1.29, 1.82) is 0 Å². The van der Waals surface area contributed by atoms with Gasteiger partial charge in [0.2, 0.25) is 0 Å². The Morgan fingerprint density at radius 3 is 2.71 bits per heavy atom. The van der Waals surface area contributed by atoms with Crippen LogP contribution < -0.4 is 4.74 Å². The van der Waals surface area contributed by atoms with Gasteiger partial charge in [0.15, 0.2) is 5.75 Å². The third-order valence-corrected chi connectivity index (χ3v) is 2.13. The lowest BCUT2D eigenvalue weighted by Gasteiger charge is -2.09. The molecule has 6 heteroatoms. The van der Waals surface area contributed by atoms with E-state index in [0.29, 0.717) is 11.4 Å². The van der Waals surface area contributed by atoms with Gasteiger partial charge in [0.25, 0.3) is 0 Å². The van der Waals surface area contributed by atoms with Crippen LogP contribution in [0.25, 0.3) is 5.69 Å². The van der Waals surface area contributed by atoms with Gasteiger partial charge < -0.3 is 9.84 Å². The van der Waals surface area contributed by atoms with Gasteiger partial charge in [0, 0.05) is 6.20 Å². The van der Waals surface area contributed by atoms with E-state index in [4.69, 9.17) is 5.11 Å². The van der Waals surface area contributed by atoms with E-state index in [2.05, 4.69) is 9.84 Å². The second-order valence-corrected chi connectivity index (χ2v) is 3.26. The Balaban J connectivity index is 2.36. The van der Waals surface area contributed by atoms with Crippen molar-refractivity contribution in [3.63, 3.8) is 0 Å². The van der Waals surface area contributed by atoms with Crippen LogP contribution >= 0.6 is 0 Å². The maximum Gasteiger partial charge on any atom is 0.387 e. The zero-order valence-corrected chi connectivity index (χ0v) is 8.75. The minimum Gasteiger partial charge on any atom is -0.433 e. The molecule has 0 atom stereocenters. The smallest absolute Gasteiger partial charge is 0.387 e. The topological polar surface area (TPSA) is 47.3 Å². The summed E-state index contributed by atoms with van der Waals surface area (Å²) in [6.45, 7) is -3.09. The number of nitrogens with zero attached hydrogens (tertiary/aromatic N) is 2. The number of rotatable bonds is 4. The van der Waals surface area contributed by atoms with Gasteiger partial charge in [-0.25, -0.2) is 4.68 Å². The van der Waals surface area contributed by atoms with Gasteiger partial charge in [-0.2, -0.15) is 13.9 Å². The second-order valence-electron chi connectivity index (χ2n) is 3.26. The van der Waals surface area contributed by atoms with E-state index in [-0.39, 0.29) is 12.4 Å². The quantitative estimate of drug-likeness (QED) is 0.888. The summed E-state index contributed by atoms with van der Waals surface area (Å²) in [5.41, 5.74) is 0.851. The molecule has 0 fully saturated rings. The van der Waals surface area contributed by atoms with Gasteiger partial charge in [-0.15, -0.1) is 0 Å². The van der Waals surface area contributed by atoms with E-state index in [9.17, 15) is 8.78 Å². The lowest BCUT2D eigenvalue weighted by atomic mass is 10.3. The molecular weight excluding hydrogens is 230 g/mol. The fraction of sp³-hybridized carbons (Fsp3) is 0.182. The molecule has 0 spiro atoms. The van der Waals surface area contributed by atoms with Gasteiger partial charge >= 0.3 is 6.61 Å². The van der Waals surface area contributed by atoms with Gasteiger partial charge in [-0.05, 0) is 18.2 Å². The molecule has 0 amide bonds. The van der Waals surface area contributed by atoms with Gasteiger partial charge in [0.1, 0.15) is 5.69 Å². The van der Waals surface area contributed by atoms with Crippen molar-refractivity contribution in [2.45, 2.75) is 13.2 Å². The summed E-state index contributed by atoms with van der Waals surface area (Å²) in [6.07, 6.45) is 1.57. The summed E-state index contributed by atoms with van der Waals surface area (Å²) in [6, 6.07) is 7.92. The predicted molar refractivity (Wildman–Crippen MR) is 56.1 cm³/mol. The SMILES string of the molecule is OCc1ccn(-c2ccccc2OC(F)F)n1. The number of aliphatic hydroxyl groups excluding tert-OH is 1. The molecule has 1 heterocycles. The molecule has 1 aromatic heterocycles. The molecule has 1 aromatic carbocycles. The Hall–Kier alpha value is -1.95. The summed E-state index contributed by atoms with van der Waals surface area (Å²) in [4.78, 5) is 0. The Morgan fingerprint density at radius 2 is 2.06 bits per heavy atom. The van der Waals surface area contributed by atoms with Crippen molar-refractivity contribution < 1.29 is 18.6 Å². The highest BCUT2D eigenvalue weighted by Gasteiger charge is 2.11. The Labute approximate surface area is 96.1 Å². The highest BCUT2D eigenvalue weighted by Crippen LogP contribution is 2.23. The van der Waals surface area contributed by atoms with Crippen LogP contribution in [0, 0.1) is 0 Å². The number of halogens is 2. The molecule has 1 N–H and O–H groups in total. The number of benzene rings is 1. The molecule has 4 nitrogen and oxygen atoms in total. The molecule has 0 saturated heterocycles. The highest BCUT2D eigenvalue weighted by molar-refractivity contribution is 5.45. The average molecular weight is 240 g/mol. The molecule has 2 rings (SSSR count). The normalized spacial score (nSPS) is 10.8. The number of aromatic nitrogens is 2. The first kappa shape index (κ1) is 11.5. The third kappa shape index (κ3) is 2.59. The zero-order valence-electron chi connectivity index (χ0n) is 8.75. The van der Waals surface area contributed by atoms with Crippen LogP contribution in [0.2, 0.25) is 0 Å². The van der Waals surface area contributed by atoms with Gasteiger partial charge in [0.05, 0.1) is 12.3 Å². The number of alkyl halides is 2. The summed E-state index contributed by atoms with van der Waals surface area (Å²) in [7, 11) is 0. The molecule has 0 aliphatic rings. The van der Waals surface area contributed by atoms with Gasteiger partial charge in [-0.1, -0.05) is 12.1 Å². The van der Waals surface area contributed by atoms with Crippen LogP contribution in [0.5, 0.6) is 5.75 Å². The van der Waals surface area contributed by atoms with Crippen LogP contribution in [0.1, 0.15) is 5.69 Å². The standard InChI is InChI=1S/C11H10F2N2O2/c12-11(13)17-10-4-2-1-3-9(10)15-6-5-8(7-16)14-15/h1-6,11,16H,7H2. The van der Waals surface area contributed by atoms with Crippen molar-refractivity contribution in [3.8, 4) is 11.4 Å². The van der Waals surface area contributed by atoms with E-state index in [1.54, 1.807) is 30.5 Å². The van der Waals surface area contributed by atoms with E-state index < -0.39 is 6.61 Å². The van der Waals surface area contributed by atoms with Crippen molar-refractivity contribution in [2.75, 3.05) is 0 Å². The lowest BCUT2D eigenvalue weighted by molar-refractivity contribution is -0.0499. The Morgan fingerprint density at radius 1 is 1.29 bits per heavy atom. The average Bonchev–Trinajstić information content (AvgIpc) is 2.77. The van der Waals surface area contributed by atoms with Crippen molar-refractivity contribution >= 4 is 0 Å². The molecule has 0 bridgehead atoms. The predicted octanol–water partition coefficient (Wildman–Crippen LogP) is 1.97. The number of hydrogen-bond acceptors (Lipinski definition) is 3. The van der Waals surface area contributed by atoms with Crippen molar-refractivity contribution in [3.05, 3.63) is 42.2 Å². The summed E-state index contributed by atoms with van der Waals surface area (Å²) in [5.74, 6) is 0.0371. The first-order valence-electron chi connectivity index (χ1n) is 4.90. The Bertz CT molecular complexity index is 500. The van der Waals surface area contributed by atoms with Crippen molar-refractivity contribution in [1.82, 2.24) is 9.78 Å². The van der Waals surface area contributed by atoms with E-state index in [0.717, 1.165) is 0 Å². The summed E-state index contributed by atoms with van der Waals surface area (Å²) >= 11 is 0. The molecule has 0 aliphatic heterocycles. The summed E-state index contributed by atoms with van der Waals surface area (Å²) in [5, 5.41) is 12.9. The molecular formula is C11H10F2N2O2. The molecule has 0 unspecified atom stereocenters. The van der Waals surface area contributed by atoms with Crippen LogP contribution in [0.4, 0.5) is 8.78 Å². The number of para-hydroxylation sites is 2. The van der Waals surface area contributed by atoms with Crippen LogP contribution in [0.3, 0.4) is 0 Å². The highest BCUT2D eigenvalue weighted by atomic mass is 19.3. The monoisotopic (exact) mass is 240 g/mol. The minimum atomic E-state index is -2.89. The van der Waals surface area contributed by atoms with Crippen LogP contribution in [0.15, 0.2) is 36.5 Å². The fourth-order valence-electron chi connectivity index (χ4n) is 1.42. The molecule has 90 valence electrons. The number of ether oxygens (including phenoxy) is 1. The molecule has 0 aliphatic carbocycles. The van der Waals surface area contributed by atoms with Crippen LogP contribution in [-0.2, 0) is 6.61 Å². The lowest BCUT2D eigenvalue weighted by Crippen LogP contribution is -2.06. The maximum absolute atomic E-state index is 12.2. The van der Waals surface area contributed by atoms with E-state index >= 15 is 0 Å². The molecule has 17 heavy (non-hydrogen) atoms. The largest absolute Gasteiger partial charge is 0.433 e. The van der Waals surface area contributed by atoms with Crippen LogP contribution in [-0.4, -0.2) is 21.5 Å². The summed E-state index contributed by atoms with van der Waals surface area (Å²) < 4.78 is 30.2. The van der Waals surface area contributed by atoms with Gasteiger partial charge in [-0.3, -0.25) is 0 Å². The maximum atomic E-state index is 12.2. The minimum absolute atomic E-state index is 0.0371. The fourth-order valence-corrected chi connectivity index (χ4v) is 1.42. The Kier molecular flexibility index (Phi) is 3.34. The van der Waals surface area contributed by atoms with Crippen molar-refractivity contribution in [2.24, 2.45) is 0 Å². The molecule has 2 aromatic rings. The number of hydrogen-bond donors (Lipinski definition) is 1. The zero-order chi connectivity index (χ0) is 12.3. The first-order valence-corrected chi connectivity index (χ1v) is 4.90. The second kappa shape index (κ2) is 4.92. The molecule has 0 saturated carbocycles. The number of aliphatic hydroxyl groups is 1. The van der Waals surface area contributed by atoms with E-state index in [1.165, 1.54) is 10.7 Å². The van der Waals surface area contributed by atoms with E-state index in [1.807, 2.05) is 0 Å².